The number of sulfonamides is 1. The number of carbonyl (C=O) groups is 2. The second-order valence-corrected chi connectivity index (χ2v) is 7.93. The second-order valence-electron chi connectivity index (χ2n) is 5.23. The van der Waals surface area contributed by atoms with Crippen molar-refractivity contribution in [1.29, 1.82) is 0 Å². The van der Waals surface area contributed by atoms with Gasteiger partial charge in [0.25, 0.3) is 0 Å². The van der Waals surface area contributed by atoms with Crippen LogP contribution in [0.25, 0.3) is 0 Å². The Balaban J connectivity index is 3.01. The largest absolute Gasteiger partial charge is 0.480 e. The van der Waals surface area contributed by atoms with Crippen LogP contribution in [0.2, 0.25) is 0 Å². The molecule has 0 saturated heterocycles. The number of rotatable bonds is 9. The Morgan fingerprint density at radius 1 is 1.29 bits per heavy atom. The molecular formula is C15H22N2O5S2. The van der Waals surface area contributed by atoms with Crippen LogP contribution in [0.5, 0.6) is 0 Å². The van der Waals surface area contributed by atoms with Crippen LogP contribution in [0.3, 0.4) is 0 Å². The third kappa shape index (κ3) is 5.50. The Hall–Kier alpha value is -1.58. The number of carbonyl (C=O) groups excluding carboxylic acids is 1. The van der Waals surface area contributed by atoms with Crippen molar-refractivity contribution in [3.8, 4) is 0 Å². The minimum atomic E-state index is -3.87. The predicted molar refractivity (Wildman–Crippen MR) is 93.4 cm³/mol. The van der Waals surface area contributed by atoms with Crippen LogP contribution in [0, 0.1) is 0 Å². The van der Waals surface area contributed by atoms with E-state index in [1.807, 2.05) is 6.26 Å². The molecule has 1 rings (SSSR count). The van der Waals surface area contributed by atoms with E-state index in [0.717, 1.165) is 4.90 Å². The van der Waals surface area contributed by atoms with Crippen molar-refractivity contribution in [2.45, 2.75) is 30.3 Å². The summed E-state index contributed by atoms with van der Waals surface area (Å²) in [6, 6.07) is 5.67. The molecule has 0 aliphatic rings. The summed E-state index contributed by atoms with van der Waals surface area (Å²) < 4.78 is 27.3. The normalized spacial score (nSPS) is 14.0. The number of carboxylic acid groups (broad SMARTS) is 1. The number of hydrogen-bond donors (Lipinski definition) is 2. The molecule has 2 atom stereocenters. The first-order valence-electron chi connectivity index (χ1n) is 7.26. The zero-order valence-corrected chi connectivity index (χ0v) is 15.4. The van der Waals surface area contributed by atoms with Gasteiger partial charge in [-0.25, -0.2) is 13.2 Å². The molecule has 0 saturated carbocycles. The maximum atomic E-state index is 12.5. The zero-order chi connectivity index (χ0) is 18.3. The van der Waals surface area contributed by atoms with Gasteiger partial charge in [0, 0.05) is 7.05 Å². The van der Waals surface area contributed by atoms with Crippen LogP contribution in [-0.4, -0.2) is 61.4 Å². The topological polar surface area (TPSA) is 104 Å². The van der Waals surface area contributed by atoms with E-state index in [1.165, 1.54) is 37.9 Å². The van der Waals surface area contributed by atoms with Gasteiger partial charge in [-0.1, -0.05) is 18.2 Å². The zero-order valence-electron chi connectivity index (χ0n) is 13.8. The van der Waals surface area contributed by atoms with Gasteiger partial charge in [0.15, 0.2) is 0 Å². The highest BCUT2D eigenvalue weighted by molar-refractivity contribution is 7.98. The summed E-state index contributed by atoms with van der Waals surface area (Å²) in [5.74, 6) is -1.16. The third-order valence-electron chi connectivity index (χ3n) is 3.55. The SMILES string of the molecule is CSCCC(NS(=O)(=O)c1ccccc1)C(=O)N(C)C(C)C(=O)O. The average molecular weight is 374 g/mol. The molecule has 24 heavy (non-hydrogen) atoms. The first kappa shape index (κ1) is 20.5. The maximum absolute atomic E-state index is 12.5. The molecule has 2 unspecified atom stereocenters. The third-order valence-corrected chi connectivity index (χ3v) is 5.68. The Kier molecular flexibility index (Phi) is 7.71. The lowest BCUT2D eigenvalue weighted by atomic mass is 10.2. The minimum absolute atomic E-state index is 0.0564. The number of aliphatic carboxylic acids is 1. The lowest BCUT2D eigenvalue weighted by Gasteiger charge is -2.27. The van der Waals surface area contributed by atoms with Gasteiger partial charge < -0.3 is 10.0 Å². The van der Waals surface area contributed by atoms with Crippen molar-refractivity contribution in [1.82, 2.24) is 9.62 Å². The van der Waals surface area contributed by atoms with Crippen LogP contribution in [0.15, 0.2) is 35.2 Å². The molecule has 0 aromatic heterocycles. The molecule has 1 aromatic rings. The number of nitrogens with one attached hydrogen (secondary N) is 1. The number of benzene rings is 1. The van der Waals surface area contributed by atoms with Gasteiger partial charge in [0.05, 0.1) is 4.90 Å². The Labute approximate surface area is 146 Å². The van der Waals surface area contributed by atoms with Gasteiger partial charge in [0.2, 0.25) is 15.9 Å². The highest BCUT2D eigenvalue weighted by atomic mass is 32.2. The molecule has 0 heterocycles. The average Bonchev–Trinajstić information content (AvgIpc) is 2.57. The summed E-state index contributed by atoms with van der Waals surface area (Å²) in [5, 5.41) is 9.03. The maximum Gasteiger partial charge on any atom is 0.326 e. The standard InChI is InChI=1S/C15H22N2O5S2/c1-11(15(19)20)17(2)14(18)13(9-10-23-3)16-24(21,22)12-7-5-4-6-8-12/h4-8,11,13,16H,9-10H2,1-3H3,(H,19,20). The van der Waals surface area contributed by atoms with Crippen LogP contribution in [-0.2, 0) is 19.6 Å². The molecule has 1 aromatic carbocycles. The molecule has 9 heteroatoms. The number of nitrogens with zero attached hydrogens (tertiary/aromatic N) is 1. The molecule has 0 fully saturated rings. The second kappa shape index (κ2) is 9.05. The predicted octanol–water partition coefficient (Wildman–Crippen LogP) is 1.02. The number of hydrogen-bond acceptors (Lipinski definition) is 5. The highest BCUT2D eigenvalue weighted by Gasteiger charge is 2.31. The molecule has 7 nitrogen and oxygen atoms in total. The summed E-state index contributed by atoms with van der Waals surface area (Å²) in [5.41, 5.74) is 0. The van der Waals surface area contributed by atoms with Crippen molar-refractivity contribution in [3.63, 3.8) is 0 Å². The van der Waals surface area contributed by atoms with E-state index >= 15 is 0 Å². The van der Waals surface area contributed by atoms with E-state index in [9.17, 15) is 18.0 Å². The fraction of sp³-hybridized carbons (Fsp3) is 0.467. The van der Waals surface area contributed by atoms with Crippen molar-refractivity contribution >= 4 is 33.7 Å². The van der Waals surface area contributed by atoms with Gasteiger partial charge in [0.1, 0.15) is 12.1 Å². The van der Waals surface area contributed by atoms with E-state index in [-0.39, 0.29) is 11.3 Å². The Bertz CT molecular complexity index is 664. The van der Waals surface area contributed by atoms with Gasteiger partial charge in [-0.3, -0.25) is 4.79 Å². The molecular weight excluding hydrogens is 352 g/mol. The number of likely N-dealkylation sites (N-methyl/N-ethyl adjacent to an activating group) is 1. The van der Waals surface area contributed by atoms with Gasteiger partial charge >= 0.3 is 5.97 Å². The van der Waals surface area contributed by atoms with Crippen LogP contribution >= 0.6 is 11.8 Å². The first-order valence-corrected chi connectivity index (χ1v) is 10.1. The summed E-state index contributed by atoms with van der Waals surface area (Å²) in [6.07, 6.45) is 2.11. The van der Waals surface area contributed by atoms with Gasteiger partial charge in [-0.2, -0.15) is 16.5 Å². The van der Waals surface area contributed by atoms with Crippen molar-refractivity contribution < 1.29 is 23.1 Å². The van der Waals surface area contributed by atoms with E-state index in [2.05, 4.69) is 4.72 Å². The number of amides is 1. The molecule has 0 aliphatic carbocycles. The van der Waals surface area contributed by atoms with Crippen molar-refractivity contribution in [2.24, 2.45) is 0 Å². The van der Waals surface area contributed by atoms with Crippen molar-refractivity contribution in [3.05, 3.63) is 30.3 Å². The van der Waals surface area contributed by atoms with E-state index in [4.69, 9.17) is 5.11 Å². The number of carboxylic acids is 1. The molecule has 0 spiro atoms. The van der Waals surface area contributed by atoms with E-state index in [0.29, 0.717) is 5.75 Å². The fourth-order valence-corrected chi connectivity index (χ4v) is 3.64. The smallest absolute Gasteiger partial charge is 0.326 e. The van der Waals surface area contributed by atoms with Crippen molar-refractivity contribution in [2.75, 3.05) is 19.1 Å². The van der Waals surface area contributed by atoms with Gasteiger partial charge in [-0.05, 0) is 37.5 Å². The fourth-order valence-electron chi connectivity index (χ4n) is 1.93. The summed E-state index contributed by atoms with van der Waals surface area (Å²) in [7, 11) is -2.52. The monoisotopic (exact) mass is 374 g/mol. The summed E-state index contributed by atoms with van der Waals surface area (Å²) >= 11 is 1.47. The summed E-state index contributed by atoms with van der Waals surface area (Å²) in [4.78, 5) is 24.7. The quantitative estimate of drug-likeness (QED) is 0.669. The summed E-state index contributed by atoms with van der Waals surface area (Å²) in [6.45, 7) is 1.37. The Morgan fingerprint density at radius 2 is 1.88 bits per heavy atom. The highest BCUT2D eigenvalue weighted by Crippen LogP contribution is 2.12. The first-order chi connectivity index (χ1) is 11.2. The Morgan fingerprint density at radius 3 is 2.38 bits per heavy atom. The van der Waals surface area contributed by atoms with E-state index < -0.39 is 34.0 Å². The molecule has 0 radical (unpaired) electrons. The van der Waals surface area contributed by atoms with Crippen LogP contribution < -0.4 is 4.72 Å². The van der Waals surface area contributed by atoms with Crippen LogP contribution in [0.4, 0.5) is 0 Å². The van der Waals surface area contributed by atoms with Gasteiger partial charge in [-0.15, -0.1) is 0 Å². The number of thioether (sulfide) groups is 1. The molecule has 134 valence electrons. The molecule has 0 bridgehead atoms. The van der Waals surface area contributed by atoms with E-state index in [1.54, 1.807) is 18.2 Å². The lowest BCUT2D eigenvalue weighted by Crippen LogP contribution is -2.51. The molecule has 1 amide bonds. The minimum Gasteiger partial charge on any atom is -0.480 e. The lowest BCUT2D eigenvalue weighted by molar-refractivity contribution is -0.148. The van der Waals surface area contributed by atoms with Crippen LogP contribution in [0.1, 0.15) is 13.3 Å². The molecule has 0 aliphatic heterocycles. The molecule has 2 N–H and O–H groups in total.